The minimum Gasteiger partial charge on any atom is -0.159 e. The molecule has 0 spiro atoms. The Kier molecular flexibility index (Phi) is 1.83. The molecule has 0 amide bonds. The van der Waals surface area contributed by atoms with E-state index in [9.17, 15) is 0 Å². The van der Waals surface area contributed by atoms with Crippen LogP contribution in [0.3, 0.4) is 0 Å². The third kappa shape index (κ3) is 1.62. The van der Waals surface area contributed by atoms with Crippen LogP contribution in [0.25, 0.3) is 0 Å². The first-order chi connectivity index (χ1) is 6.72. The first-order valence-electron chi connectivity index (χ1n) is 5.16. The number of aryl methyl sites for hydroxylation is 1. The lowest BCUT2D eigenvalue weighted by Crippen LogP contribution is -1.92. The molecule has 1 aromatic rings. The lowest BCUT2D eigenvalue weighted by Gasteiger charge is -2.00. The van der Waals surface area contributed by atoms with Crippen molar-refractivity contribution in [3.8, 4) is 0 Å². The van der Waals surface area contributed by atoms with Gasteiger partial charge in [-0.15, -0.1) is 0 Å². The van der Waals surface area contributed by atoms with E-state index in [0.29, 0.717) is 11.8 Å². The van der Waals surface area contributed by atoms with Gasteiger partial charge in [0, 0.05) is 6.17 Å². The smallest absolute Gasteiger partial charge is 0.0860 e. The minimum atomic E-state index is 0.275. The summed E-state index contributed by atoms with van der Waals surface area (Å²) in [7, 11) is 0. The number of rotatable bonds is 2. The molecule has 0 N–H and O–H groups in total. The van der Waals surface area contributed by atoms with Crippen molar-refractivity contribution >= 4 is 0 Å². The fraction of sp³-hybridized carbons (Fsp3) is 0.455. The van der Waals surface area contributed by atoms with Gasteiger partial charge in [0.1, 0.15) is 0 Å². The fourth-order valence-corrected chi connectivity index (χ4v) is 1.77. The summed E-state index contributed by atoms with van der Waals surface area (Å²) in [6.45, 7) is 4.01. The average Bonchev–Trinajstić information content (AvgIpc) is 2.89. The summed E-state index contributed by atoms with van der Waals surface area (Å²) in [5.41, 5.74) is 2.17. The average molecular weight is 175 g/mol. The van der Waals surface area contributed by atoms with Crippen LogP contribution in [-0.4, -0.2) is 10.2 Å². The van der Waals surface area contributed by atoms with E-state index in [4.69, 9.17) is 1.37 Å². The van der Waals surface area contributed by atoms with Crippen LogP contribution in [0.1, 0.15) is 31.9 Å². The third-order valence-corrected chi connectivity index (χ3v) is 2.57. The van der Waals surface area contributed by atoms with Crippen LogP contribution in [0, 0.1) is 12.8 Å². The second-order valence-corrected chi connectivity index (χ2v) is 3.55. The molecule has 0 unspecified atom stereocenters. The van der Waals surface area contributed by atoms with Crippen LogP contribution >= 0.6 is 0 Å². The number of allylic oxidation sites excluding steroid dienone is 2. The van der Waals surface area contributed by atoms with Crippen molar-refractivity contribution in [2.24, 2.45) is 5.92 Å². The molecule has 0 bridgehead atoms. The van der Waals surface area contributed by atoms with E-state index in [-0.39, 0.29) is 6.17 Å². The summed E-state index contributed by atoms with van der Waals surface area (Å²) in [6.07, 6.45) is 5.79. The van der Waals surface area contributed by atoms with Crippen molar-refractivity contribution in [2.45, 2.75) is 26.2 Å². The molecule has 2 nitrogen and oxygen atoms in total. The van der Waals surface area contributed by atoms with E-state index in [1.807, 2.05) is 19.9 Å². The zero-order valence-electron chi connectivity index (χ0n) is 8.99. The SMILES string of the molecule is [2H]c1cc([C@H]2C[C@@H]2/C=C/C)c(C)nn1. The van der Waals surface area contributed by atoms with Gasteiger partial charge >= 0.3 is 0 Å². The summed E-state index contributed by atoms with van der Waals surface area (Å²) in [5.74, 6) is 1.23. The van der Waals surface area contributed by atoms with E-state index >= 15 is 0 Å². The number of hydrogen-bond donors (Lipinski definition) is 0. The fourth-order valence-electron chi connectivity index (χ4n) is 1.77. The molecule has 2 rings (SSSR count). The number of aromatic nitrogens is 2. The first-order valence-corrected chi connectivity index (χ1v) is 4.66. The zero-order chi connectivity index (χ0) is 10.1. The van der Waals surface area contributed by atoms with Crippen LogP contribution < -0.4 is 0 Å². The Morgan fingerprint density at radius 3 is 3.31 bits per heavy atom. The predicted molar refractivity (Wildman–Crippen MR) is 52.4 cm³/mol. The van der Waals surface area contributed by atoms with Crippen LogP contribution in [0.4, 0.5) is 0 Å². The molecule has 1 saturated carbocycles. The van der Waals surface area contributed by atoms with Crippen LogP contribution in [0.2, 0.25) is 0 Å². The quantitative estimate of drug-likeness (QED) is 0.645. The number of nitrogens with zero attached hydrogens (tertiary/aromatic N) is 2. The maximum absolute atomic E-state index is 7.43. The van der Waals surface area contributed by atoms with Gasteiger partial charge in [-0.05, 0) is 43.7 Å². The first kappa shape index (κ1) is 7.25. The molecule has 0 aliphatic heterocycles. The molecule has 68 valence electrons. The molecule has 0 saturated heterocycles. The van der Waals surface area contributed by atoms with Gasteiger partial charge in [0.2, 0.25) is 0 Å². The van der Waals surface area contributed by atoms with Gasteiger partial charge in [-0.1, -0.05) is 12.2 Å². The third-order valence-electron chi connectivity index (χ3n) is 2.57. The van der Waals surface area contributed by atoms with Crippen LogP contribution in [-0.2, 0) is 0 Å². The molecular formula is C11H14N2. The van der Waals surface area contributed by atoms with Gasteiger partial charge in [-0.25, -0.2) is 0 Å². The molecule has 13 heavy (non-hydrogen) atoms. The summed E-state index contributed by atoms with van der Waals surface area (Å²) >= 11 is 0. The highest BCUT2D eigenvalue weighted by molar-refractivity contribution is 5.29. The molecule has 1 aliphatic rings. The molecule has 1 aliphatic carbocycles. The van der Waals surface area contributed by atoms with Crippen molar-refractivity contribution < 1.29 is 1.37 Å². The Hall–Kier alpha value is -1.18. The van der Waals surface area contributed by atoms with Crippen LogP contribution in [0.15, 0.2) is 24.4 Å². The van der Waals surface area contributed by atoms with Crippen molar-refractivity contribution in [1.82, 2.24) is 10.2 Å². The lowest BCUT2D eigenvalue weighted by molar-refractivity contribution is 0.905. The summed E-state index contributed by atoms with van der Waals surface area (Å²) in [6, 6.07) is 1.84. The van der Waals surface area contributed by atoms with E-state index in [0.717, 1.165) is 5.69 Å². The van der Waals surface area contributed by atoms with E-state index in [1.165, 1.54) is 12.0 Å². The highest BCUT2D eigenvalue weighted by atomic mass is 15.1. The Morgan fingerprint density at radius 2 is 2.54 bits per heavy atom. The Labute approximate surface area is 80.1 Å². The maximum Gasteiger partial charge on any atom is 0.0860 e. The van der Waals surface area contributed by atoms with E-state index < -0.39 is 0 Å². The Morgan fingerprint density at radius 1 is 1.69 bits per heavy atom. The van der Waals surface area contributed by atoms with Crippen molar-refractivity contribution in [3.63, 3.8) is 0 Å². The molecule has 1 fully saturated rings. The molecule has 0 radical (unpaired) electrons. The summed E-state index contributed by atoms with van der Waals surface area (Å²) < 4.78 is 7.43. The summed E-state index contributed by atoms with van der Waals surface area (Å²) in [4.78, 5) is 0. The standard InChI is InChI=1S/C11H14N2/c1-3-4-9-7-11(9)10-5-6-12-13-8(10)2/h3-6,9,11H,7H2,1-2H3/b4-3+/t9-,11-/m0/s1/i6D. The Balaban J connectivity index is 2.22. The Bertz CT molecular complexity index is 374. The molecule has 1 aromatic heterocycles. The molecule has 2 heteroatoms. The normalized spacial score (nSPS) is 27.7. The topological polar surface area (TPSA) is 25.8 Å². The van der Waals surface area contributed by atoms with Crippen molar-refractivity contribution in [2.75, 3.05) is 0 Å². The molecular weight excluding hydrogens is 160 g/mol. The molecule has 0 aromatic carbocycles. The molecule has 1 heterocycles. The second-order valence-electron chi connectivity index (χ2n) is 3.55. The van der Waals surface area contributed by atoms with E-state index in [2.05, 4.69) is 22.3 Å². The van der Waals surface area contributed by atoms with Gasteiger partial charge in [-0.3, -0.25) is 0 Å². The second kappa shape index (κ2) is 3.29. The van der Waals surface area contributed by atoms with Crippen molar-refractivity contribution in [1.29, 1.82) is 0 Å². The van der Waals surface area contributed by atoms with Crippen LogP contribution in [0.5, 0.6) is 0 Å². The lowest BCUT2D eigenvalue weighted by atomic mass is 10.1. The van der Waals surface area contributed by atoms with Gasteiger partial charge < -0.3 is 0 Å². The summed E-state index contributed by atoms with van der Waals surface area (Å²) in [5, 5.41) is 7.69. The minimum absolute atomic E-state index is 0.275. The highest BCUT2D eigenvalue weighted by Crippen LogP contribution is 2.48. The monoisotopic (exact) mass is 175 g/mol. The highest BCUT2D eigenvalue weighted by Gasteiger charge is 2.36. The number of hydrogen-bond acceptors (Lipinski definition) is 2. The largest absolute Gasteiger partial charge is 0.159 e. The molecule has 2 atom stereocenters. The maximum atomic E-state index is 7.43. The predicted octanol–water partition coefficient (Wildman–Crippen LogP) is 2.46. The zero-order valence-corrected chi connectivity index (χ0v) is 7.99. The van der Waals surface area contributed by atoms with Crippen molar-refractivity contribution in [3.05, 3.63) is 35.6 Å². The van der Waals surface area contributed by atoms with Gasteiger partial charge in [-0.2, -0.15) is 10.2 Å². The van der Waals surface area contributed by atoms with Gasteiger partial charge in [0.15, 0.2) is 0 Å². The van der Waals surface area contributed by atoms with E-state index in [1.54, 1.807) is 0 Å². The van der Waals surface area contributed by atoms with Gasteiger partial charge in [0.25, 0.3) is 0 Å². The van der Waals surface area contributed by atoms with Gasteiger partial charge in [0.05, 0.1) is 7.06 Å².